The summed E-state index contributed by atoms with van der Waals surface area (Å²) in [6, 6.07) is 22.8. The van der Waals surface area contributed by atoms with Gasteiger partial charge in [0.1, 0.15) is 0 Å². The van der Waals surface area contributed by atoms with Crippen molar-refractivity contribution in [3.63, 3.8) is 0 Å². The summed E-state index contributed by atoms with van der Waals surface area (Å²) in [6.07, 6.45) is 11.9. The number of hydrogen-bond acceptors (Lipinski definition) is 0. The van der Waals surface area contributed by atoms with E-state index in [9.17, 15) is 0 Å². The maximum absolute atomic E-state index is 2.67. The average molecular weight is 411 g/mol. The van der Waals surface area contributed by atoms with Gasteiger partial charge in [-0.05, 0) is 73.8 Å². The normalized spacial score (nSPS) is 25.7. The second kappa shape index (κ2) is 9.87. The first kappa shape index (κ1) is 20.6. The van der Waals surface area contributed by atoms with E-state index in [1.165, 1.54) is 51.4 Å². The summed E-state index contributed by atoms with van der Waals surface area (Å²) in [5, 5.41) is 3.14. The van der Waals surface area contributed by atoms with Crippen LogP contribution in [-0.2, 0) is 0 Å². The zero-order chi connectivity index (χ0) is 19.3. The van der Waals surface area contributed by atoms with Crippen LogP contribution in [0.25, 0.3) is 0 Å². The van der Waals surface area contributed by atoms with Gasteiger partial charge in [-0.15, -0.1) is 7.92 Å². The molecular weight excluding hydrogens is 374 g/mol. The molecule has 2 saturated carbocycles. The number of rotatable bonds is 6. The zero-order valence-corrected chi connectivity index (χ0v) is 19.4. The molecule has 0 saturated heterocycles. The SMILES string of the molecule is C[C@H](C1CCC[C@@H]1P(C)C1CCCCC1)P(c1ccccc1)c1ccccc1. The van der Waals surface area contributed by atoms with E-state index in [2.05, 4.69) is 74.3 Å². The van der Waals surface area contributed by atoms with E-state index in [0.29, 0.717) is 0 Å². The lowest BCUT2D eigenvalue weighted by Gasteiger charge is -2.39. The third-order valence-corrected chi connectivity index (χ3v) is 13.6. The van der Waals surface area contributed by atoms with Crippen LogP contribution in [0.5, 0.6) is 0 Å². The summed E-state index contributed by atoms with van der Waals surface area (Å²) in [4.78, 5) is 0. The first-order valence-electron chi connectivity index (χ1n) is 11.4. The van der Waals surface area contributed by atoms with Crippen LogP contribution in [0.3, 0.4) is 0 Å². The predicted molar refractivity (Wildman–Crippen MR) is 129 cm³/mol. The smallest absolute Gasteiger partial charge is 0.0123 e. The third kappa shape index (κ3) is 4.55. The lowest BCUT2D eigenvalue weighted by atomic mass is 10.0. The van der Waals surface area contributed by atoms with Crippen molar-refractivity contribution in [2.75, 3.05) is 6.66 Å². The van der Waals surface area contributed by atoms with Gasteiger partial charge >= 0.3 is 0 Å². The van der Waals surface area contributed by atoms with E-state index in [1.807, 2.05) is 0 Å². The van der Waals surface area contributed by atoms with Crippen LogP contribution >= 0.6 is 15.8 Å². The lowest BCUT2D eigenvalue weighted by Crippen LogP contribution is -2.31. The van der Waals surface area contributed by atoms with Crippen LogP contribution in [0.2, 0.25) is 0 Å². The second-order valence-corrected chi connectivity index (χ2v) is 14.2. The quantitative estimate of drug-likeness (QED) is 0.445. The van der Waals surface area contributed by atoms with Crippen LogP contribution in [-0.4, -0.2) is 23.6 Å². The minimum atomic E-state index is -0.282. The third-order valence-electron chi connectivity index (χ3n) is 7.30. The molecule has 0 aliphatic heterocycles. The van der Waals surface area contributed by atoms with Gasteiger partial charge < -0.3 is 0 Å². The van der Waals surface area contributed by atoms with Crippen molar-refractivity contribution in [3.05, 3.63) is 60.7 Å². The molecule has 2 heteroatoms. The summed E-state index contributed by atoms with van der Waals surface area (Å²) in [5.74, 6) is 0.921. The van der Waals surface area contributed by atoms with E-state index < -0.39 is 0 Å². The molecule has 2 aliphatic carbocycles. The molecule has 2 unspecified atom stereocenters. The van der Waals surface area contributed by atoms with Crippen molar-refractivity contribution in [1.82, 2.24) is 0 Å². The Bertz CT molecular complexity index is 668. The summed E-state index contributed by atoms with van der Waals surface area (Å²) in [5.41, 5.74) is 2.84. The fraction of sp³-hybridized carbons (Fsp3) is 0.538. The van der Waals surface area contributed by atoms with E-state index in [-0.39, 0.29) is 15.8 Å². The standard InChI is InChI=1S/C26H36P2/c1-21(25-19-12-20-26(25)27(2)22-13-6-3-7-14-22)28(23-15-8-4-9-16-23)24-17-10-5-11-18-24/h4-5,8-11,15-18,21-22,25-26H,3,6-7,12-14,19-20H2,1-2H3/t21-,25?,26+,27?/m1/s1. The minimum Gasteiger partial charge on any atom is -0.103 e. The molecule has 0 N–H and O–H groups in total. The van der Waals surface area contributed by atoms with Crippen LogP contribution in [0.4, 0.5) is 0 Å². The number of hydrogen-bond donors (Lipinski definition) is 0. The lowest BCUT2D eigenvalue weighted by molar-refractivity contribution is 0.498. The molecule has 28 heavy (non-hydrogen) atoms. The van der Waals surface area contributed by atoms with E-state index in [1.54, 1.807) is 10.6 Å². The van der Waals surface area contributed by atoms with Crippen molar-refractivity contribution in [3.8, 4) is 0 Å². The molecule has 2 aromatic carbocycles. The Morgan fingerprint density at radius 1 is 0.714 bits per heavy atom. The summed E-state index contributed by atoms with van der Waals surface area (Å²) >= 11 is 0. The summed E-state index contributed by atoms with van der Waals surface area (Å²) < 4.78 is 0. The maximum Gasteiger partial charge on any atom is -0.0123 e. The van der Waals surface area contributed by atoms with Crippen LogP contribution in [0.15, 0.2) is 60.7 Å². The Labute approximate surface area is 175 Å². The molecular formula is C26H36P2. The molecule has 0 radical (unpaired) electrons. The van der Waals surface area contributed by atoms with Crippen molar-refractivity contribution in [1.29, 1.82) is 0 Å². The van der Waals surface area contributed by atoms with Gasteiger partial charge in [-0.3, -0.25) is 0 Å². The Morgan fingerprint density at radius 2 is 1.29 bits per heavy atom. The highest BCUT2D eigenvalue weighted by molar-refractivity contribution is 7.73. The highest BCUT2D eigenvalue weighted by Gasteiger charge is 2.40. The fourth-order valence-electron chi connectivity index (χ4n) is 5.78. The Hall–Kier alpha value is -0.700. The Morgan fingerprint density at radius 3 is 1.86 bits per heavy atom. The molecule has 0 nitrogen and oxygen atoms in total. The van der Waals surface area contributed by atoms with Gasteiger partial charge in [-0.2, -0.15) is 0 Å². The first-order chi connectivity index (χ1) is 13.8. The molecule has 2 fully saturated rings. The molecule has 0 spiro atoms. The molecule has 0 bridgehead atoms. The summed E-state index contributed by atoms with van der Waals surface area (Å²) in [7, 11) is -0.105. The molecule has 4 rings (SSSR count). The second-order valence-electron chi connectivity index (χ2n) is 8.90. The largest absolute Gasteiger partial charge is 0.103 e. The zero-order valence-electron chi connectivity index (χ0n) is 17.6. The average Bonchev–Trinajstić information content (AvgIpc) is 3.25. The van der Waals surface area contributed by atoms with Gasteiger partial charge in [0, 0.05) is 0 Å². The Kier molecular flexibility index (Phi) is 7.25. The van der Waals surface area contributed by atoms with Gasteiger partial charge in [0.2, 0.25) is 0 Å². The van der Waals surface area contributed by atoms with Gasteiger partial charge in [0.15, 0.2) is 0 Å². The van der Waals surface area contributed by atoms with Crippen molar-refractivity contribution >= 4 is 26.5 Å². The molecule has 150 valence electrons. The highest BCUT2D eigenvalue weighted by atomic mass is 31.1. The predicted octanol–water partition coefficient (Wildman–Crippen LogP) is 7.12. The van der Waals surface area contributed by atoms with Crippen molar-refractivity contribution in [2.45, 2.75) is 75.3 Å². The minimum absolute atomic E-state index is 0.176. The van der Waals surface area contributed by atoms with Gasteiger partial charge in [0.25, 0.3) is 0 Å². The van der Waals surface area contributed by atoms with Gasteiger partial charge in [0.05, 0.1) is 0 Å². The molecule has 0 aromatic heterocycles. The van der Waals surface area contributed by atoms with Crippen LogP contribution in [0, 0.1) is 5.92 Å². The van der Waals surface area contributed by atoms with Crippen molar-refractivity contribution < 1.29 is 0 Å². The summed E-state index contributed by atoms with van der Waals surface area (Å²) in [6.45, 7) is 5.27. The highest BCUT2D eigenvalue weighted by Crippen LogP contribution is 2.59. The first-order valence-corrected chi connectivity index (χ1v) is 14.7. The van der Waals surface area contributed by atoms with Crippen LogP contribution in [0.1, 0.15) is 58.3 Å². The van der Waals surface area contributed by atoms with Crippen LogP contribution < -0.4 is 10.6 Å². The topological polar surface area (TPSA) is 0 Å². The van der Waals surface area contributed by atoms with E-state index >= 15 is 0 Å². The molecule has 2 aromatic rings. The molecule has 2 aliphatic rings. The van der Waals surface area contributed by atoms with Crippen molar-refractivity contribution in [2.24, 2.45) is 5.92 Å². The van der Waals surface area contributed by atoms with Gasteiger partial charge in [-0.25, -0.2) is 0 Å². The van der Waals surface area contributed by atoms with E-state index in [4.69, 9.17) is 0 Å². The van der Waals surface area contributed by atoms with E-state index in [0.717, 1.165) is 22.9 Å². The Balaban J connectivity index is 1.59. The maximum atomic E-state index is 2.67. The fourth-order valence-corrected chi connectivity index (χ4v) is 12.2. The molecule has 0 amide bonds. The number of benzene rings is 2. The van der Waals surface area contributed by atoms with Gasteiger partial charge in [-0.1, -0.05) is 93.3 Å². The monoisotopic (exact) mass is 410 g/mol. The molecule has 0 heterocycles. The molecule has 4 atom stereocenters.